The Hall–Kier alpha value is -0.180. The second-order valence-electron chi connectivity index (χ2n) is 2.30. The van der Waals surface area contributed by atoms with E-state index in [0.29, 0.717) is 10.0 Å². The monoisotopic (exact) mass is 280 g/mol. The molecular formula is C9H7BrCl2O. The third kappa shape index (κ3) is 2.63. The zero-order chi connectivity index (χ0) is 9.84. The van der Waals surface area contributed by atoms with Gasteiger partial charge in [-0.2, -0.15) is 0 Å². The van der Waals surface area contributed by atoms with Gasteiger partial charge in [0, 0.05) is 4.47 Å². The minimum Gasteiger partial charge on any atom is -0.504 e. The van der Waals surface area contributed by atoms with Gasteiger partial charge in [0.1, 0.15) is 0 Å². The lowest BCUT2D eigenvalue weighted by atomic mass is 10.2. The molecule has 13 heavy (non-hydrogen) atoms. The quantitative estimate of drug-likeness (QED) is 0.578. The molecule has 0 aromatic heterocycles. The van der Waals surface area contributed by atoms with E-state index in [4.69, 9.17) is 27.9 Å². The summed E-state index contributed by atoms with van der Waals surface area (Å²) < 4.78 is 5.57. The highest BCUT2D eigenvalue weighted by Gasteiger charge is 2.05. The molecule has 0 unspecified atom stereocenters. The fourth-order valence-electron chi connectivity index (χ4n) is 0.811. The molecule has 0 saturated heterocycles. The van der Waals surface area contributed by atoms with Gasteiger partial charge in [-0.15, -0.1) is 0 Å². The molecule has 1 rings (SSSR count). The molecule has 0 bridgehead atoms. The first-order valence-electron chi connectivity index (χ1n) is 3.49. The molecule has 0 N–H and O–H groups in total. The lowest BCUT2D eigenvalue weighted by molar-refractivity contribution is 0.341. The number of hydrogen-bond donors (Lipinski definition) is 0. The molecular weight excluding hydrogens is 275 g/mol. The number of hydrogen-bond acceptors (Lipinski definition) is 1. The van der Waals surface area contributed by atoms with Crippen LogP contribution < -0.4 is 0 Å². The van der Waals surface area contributed by atoms with Gasteiger partial charge in [0.25, 0.3) is 0 Å². The molecule has 0 aliphatic rings. The third-order valence-corrected chi connectivity index (χ3v) is 3.34. The molecule has 0 radical (unpaired) electrons. The van der Waals surface area contributed by atoms with Crippen LogP contribution in [0, 0.1) is 0 Å². The smallest absolute Gasteiger partial charge is 0.0830 e. The number of methoxy groups -OCH3 is 1. The van der Waals surface area contributed by atoms with Crippen molar-refractivity contribution in [3.05, 3.63) is 38.5 Å². The summed E-state index contributed by atoms with van der Waals surface area (Å²) in [5.41, 5.74) is 0.927. The van der Waals surface area contributed by atoms with E-state index in [2.05, 4.69) is 15.9 Å². The standard InChI is InChI=1S/C9H7BrCl2O/c1-13-5-4-6-2-3-7(11)9(12)8(6)10/h2-5H,1H3/b5-4+. The van der Waals surface area contributed by atoms with E-state index in [1.54, 1.807) is 25.5 Å². The molecule has 1 aromatic carbocycles. The Bertz CT molecular complexity index is 337. The summed E-state index contributed by atoms with van der Waals surface area (Å²) in [5, 5.41) is 1.04. The number of ether oxygens (including phenoxy) is 1. The van der Waals surface area contributed by atoms with Crippen molar-refractivity contribution in [3.8, 4) is 0 Å². The van der Waals surface area contributed by atoms with Crippen LogP contribution in [-0.4, -0.2) is 7.11 Å². The van der Waals surface area contributed by atoms with E-state index in [9.17, 15) is 0 Å². The first-order chi connectivity index (χ1) is 6.16. The van der Waals surface area contributed by atoms with Crippen LogP contribution in [0.25, 0.3) is 6.08 Å². The van der Waals surface area contributed by atoms with Crippen LogP contribution in [0.1, 0.15) is 5.56 Å². The van der Waals surface area contributed by atoms with Crippen molar-refractivity contribution in [1.82, 2.24) is 0 Å². The van der Waals surface area contributed by atoms with Gasteiger partial charge in [-0.25, -0.2) is 0 Å². The molecule has 0 heterocycles. The zero-order valence-electron chi connectivity index (χ0n) is 6.85. The summed E-state index contributed by atoms with van der Waals surface area (Å²) in [6.45, 7) is 0. The molecule has 0 aliphatic carbocycles. The van der Waals surface area contributed by atoms with Gasteiger partial charge in [0.05, 0.1) is 23.4 Å². The minimum absolute atomic E-state index is 0.514. The average Bonchev–Trinajstić information content (AvgIpc) is 2.13. The summed E-state index contributed by atoms with van der Waals surface area (Å²) in [5.74, 6) is 0. The predicted molar refractivity (Wildman–Crippen MR) is 60.2 cm³/mol. The van der Waals surface area contributed by atoms with E-state index >= 15 is 0 Å². The summed E-state index contributed by atoms with van der Waals surface area (Å²) in [7, 11) is 1.59. The van der Waals surface area contributed by atoms with Gasteiger partial charge in [-0.3, -0.25) is 0 Å². The molecule has 0 fully saturated rings. The number of rotatable bonds is 2. The fraction of sp³-hybridized carbons (Fsp3) is 0.111. The van der Waals surface area contributed by atoms with Crippen LogP contribution in [0.5, 0.6) is 0 Å². The Labute approximate surface area is 95.4 Å². The van der Waals surface area contributed by atoms with Gasteiger partial charge >= 0.3 is 0 Å². The van der Waals surface area contributed by atoms with Crippen molar-refractivity contribution in [2.75, 3.05) is 7.11 Å². The second-order valence-corrected chi connectivity index (χ2v) is 3.88. The largest absolute Gasteiger partial charge is 0.504 e. The summed E-state index contributed by atoms with van der Waals surface area (Å²) >= 11 is 15.0. The molecule has 1 aromatic rings. The van der Waals surface area contributed by atoms with Crippen molar-refractivity contribution in [3.63, 3.8) is 0 Å². The average molecular weight is 282 g/mol. The van der Waals surface area contributed by atoms with Gasteiger partial charge in [0.2, 0.25) is 0 Å². The normalized spacial score (nSPS) is 10.8. The highest BCUT2D eigenvalue weighted by molar-refractivity contribution is 9.10. The Balaban J connectivity index is 3.11. The molecule has 4 heteroatoms. The molecule has 0 atom stereocenters. The van der Waals surface area contributed by atoms with Crippen molar-refractivity contribution in [1.29, 1.82) is 0 Å². The van der Waals surface area contributed by atoms with Crippen LogP contribution >= 0.6 is 39.1 Å². The SMILES string of the molecule is CO/C=C/c1ccc(Cl)c(Cl)c1Br. The maximum atomic E-state index is 5.91. The van der Waals surface area contributed by atoms with E-state index < -0.39 is 0 Å². The highest BCUT2D eigenvalue weighted by Crippen LogP contribution is 2.33. The van der Waals surface area contributed by atoms with E-state index in [-0.39, 0.29) is 0 Å². The van der Waals surface area contributed by atoms with Crippen molar-refractivity contribution >= 4 is 45.2 Å². The van der Waals surface area contributed by atoms with Crippen LogP contribution in [0.4, 0.5) is 0 Å². The molecule has 0 spiro atoms. The van der Waals surface area contributed by atoms with E-state index in [1.807, 2.05) is 6.07 Å². The predicted octanol–water partition coefficient (Wildman–Crippen LogP) is 4.37. The lowest BCUT2D eigenvalue weighted by Gasteiger charge is -2.02. The Kier molecular flexibility index (Phi) is 4.10. The number of halogens is 3. The Morgan fingerprint density at radius 2 is 2.08 bits per heavy atom. The second kappa shape index (κ2) is 4.89. The maximum Gasteiger partial charge on any atom is 0.0830 e. The summed E-state index contributed by atoms with van der Waals surface area (Å²) in [4.78, 5) is 0. The number of benzene rings is 1. The molecule has 0 saturated carbocycles. The first kappa shape index (κ1) is 10.9. The molecule has 70 valence electrons. The summed E-state index contributed by atoms with van der Waals surface area (Å²) in [6.07, 6.45) is 3.37. The highest BCUT2D eigenvalue weighted by atomic mass is 79.9. The minimum atomic E-state index is 0.514. The van der Waals surface area contributed by atoms with E-state index in [1.165, 1.54) is 0 Å². The summed E-state index contributed by atoms with van der Waals surface area (Å²) in [6, 6.07) is 3.60. The molecule has 0 amide bonds. The fourth-order valence-corrected chi connectivity index (χ4v) is 1.73. The van der Waals surface area contributed by atoms with Crippen molar-refractivity contribution in [2.24, 2.45) is 0 Å². The van der Waals surface area contributed by atoms with Gasteiger partial charge in [0.15, 0.2) is 0 Å². The topological polar surface area (TPSA) is 9.23 Å². The van der Waals surface area contributed by atoms with Gasteiger partial charge < -0.3 is 4.74 Å². The Morgan fingerprint density at radius 3 is 2.69 bits per heavy atom. The third-order valence-electron chi connectivity index (χ3n) is 1.45. The Morgan fingerprint density at radius 1 is 1.38 bits per heavy atom. The molecule has 1 nitrogen and oxygen atoms in total. The van der Waals surface area contributed by atoms with Crippen LogP contribution in [-0.2, 0) is 4.74 Å². The van der Waals surface area contributed by atoms with Crippen molar-refractivity contribution < 1.29 is 4.74 Å². The van der Waals surface area contributed by atoms with Crippen LogP contribution in [0.15, 0.2) is 22.9 Å². The van der Waals surface area contributed by atoms with Crippen LogP contribution in [0.3, 0.4) is 0 Å². The maximum absolute atomic E-state index is 5.91. The van der Waals surface area contributed by atoms with E-state index in [0.717, 1.165) is 10.0 Å². The van der Waals surface area contributed by atoms with Gasteiger partial charge in [-0.05, 0) is 33.6 Å². The van der Waals surface area contributed by atoms with Gasteiger partial charge in [-0.1, -0.05) is 29.3 Å². The van der Waals surface area contributed by atoms with Crippen LogP contribution in [0.2, 0.25) is 10.0 Å². The molecule has 0 aliphatic heterocycles. The lowest BCUT2D eigenvalue weighted by Crippen LogP contribution is -1.79. The van der Waals surface area contributed by atoms with Crippen molar-refractivity contribution in [2.45, 2.75) is 0 Å². The zero-order valence-corrected chi connectivity index (χ0v) is 9.95. The first-order valence-corrected chi connectivity index (χ1v) is 5.04.